The van der Waals surface area contributed by atoms with Gasteiger partial charge in [-0.25, -0.2) is 0 Å². The molecular formula is C67H47Cl7S4. The number of rotatable bonds is 12. The van der Waals surface area contributed by atoms with Crippen LogP contribution >= 0.6 is 127 Å². The molecule has 4 aromatic heterocycles. The van der Waals surface area contributed by atoms with Crippen molar-refractivity contribution in [2.75, 3.05) is 0 Å². The van der Waals surface area contributed by atoms with Crippen LogP contribution in [0.4, 0.5) is 0 Å². The molecule has 0 unspecified atom stereocenters. The second kappa shape index (κ2) is 18.2. The first kappa shape index (κ1) is 50.2. The molecule has 0 amide bonds. The summed E-state index contributed by atoms with van der Waals surface area (Å²) >= 11 is 53.6. The van der Waals surface area contributed by atoms with Crippen LogP contribution in [-0.4, -0.2) is 4.30 Å². The van der Waals surface area contributed by atoms with Crippen LogP contribution < -0.4 is 0 Å². The van der Waals surface area contributed by atoms with Crippen molar-refractivity contribution in [3.05, 3.63) is 100 Å². The number of unbranched alkanes of at least 4 members (excludes halogenated alkanes) is 4. The summed E-state index contributed by atoms with van der Waals surface area (Å²) in [6.45, 7) is 9.31. The third-order valence-electron chi connectivity index (χ3n) is 17.7. The molecule has 0 saturated heterocycles. The van der Waals surface area contributed by atoms with Crippen LogP contribution in [0.2, 0.25) is 20.1 Å². The second-order valence-electron chi connectivity index (χ2n) is 21.9. The van der Waals surface area contributed by atoms with E-state index in [4.69, 9.17) is 81.2 Å². The number of benzene rings is 12. The topological polar surface area (TPSA) is 0 Å². The van der Waals surface area contributed by atoms with Gasteiger partial charge in [0.1, 0.15) is 0 Å². The van der Waals surface area contributed by atoms with E-state index in [2.05, 4.69) is 88.4 Å². The molecule has 0 radical (unpaired) electrons. The van der Waals surface area contributed by atoms with Gasteiger partial charge >= 0.3 is 0 Å². The maximum absolute atomic E-state index is 7.83. The maximum atomic E-state index is 7.83. The number of aryl methyl sites for hydroxylation is 4. The van der Waals surface area contributed by atoms with Crippen LogP contribution in [0.5, 0.6) is 0 Å². The zero-order valence-corrected chi connectivity index (χ0v) is 51.7. The molecule has 0 nitrogen and oxygen atoms in total. The van der Waals surface area contributed by atoms with Gasteiger partial charge in [0.05, 0.1) is 0 Å². The molecule has 0 fully saturated rings. The molecule has 0 aliphatic heterocycles. The highest BCUT2D eigenvalue weighted by Crippen LogP contribution is 2.67. The van der Waals surface area contributed by atoms with Crippen LogP contribution in [0.1, 0.15) is 98.6 Å². The fourth-order valence-corrected chi connectivity index (χ4v) is 21.4. The van der Waals surface area contributed by atoms with Crippen molar-refractivity contribution in [3.63, 3.8) is 0 Å². The first-order valence-corrected chi connectivity index (χ1v) is 33.7. The Balaban J connectivity index is 0.00000123. The zero-order valence-electron chi connectivity index (χ0n) is 43.1. The fraction of sp³-hybridized carbons (Fsp3) is 0.254. The highest BCUT2D eigenvalue weighted by atomic mass is 35.6. The van der Waals surface area contributed by atoms with Gasteiger partial charge in [0.15, 0.2) is 4.30 Å². The van der Waals surface area contributed by atoms with Gasteiger partial charge in [0.2, 0.25) is 0 Å². The van der Waals surface area contributed by atoms with Crippen LogP contribution in [0.3, 0.4) is 0 Å². The van der Waals surface area contributed by atoms with Crippen molar-refractivity contribution >= 4 is 285 Å². The average molecular weight is 1230 g/mol. The first-order chi connectivity index (χ1) is 38.0. The molecular weight excluding hydrogens is 1180 g/mol. The Kier molecular flexibility index (Phi) is 11.7. The average Bonchev–Trinajstić information content (AvgIpc) is 1.49. The number of halogens is 7. The summed E-state index contributed by atoms with van der Waals surface area (Å²) in [5.41, 5.74) is 2.90. The van der Waals surface area contributed by atoms with Crippen LogP contribution in [0.25, 0.3) is 170 Å². The Bertz CT molecular complexity index is 4920. The van der Waals surface area contributed by atoms with E-state index in [-0.39, 0.29) is 0 Å². The molecule has 0 bridgehead atoms. The molecule has 4 heterocycles. The lowest BCUT2D eigenvalue weighted by molar-refractivity contribution is 0.801. The van der Waals surface area contributed by atoms with Crippen molar-refractivity contribution in [3.8, 4) is 11.1 Å². The Morgan fingerprint density at radius 2 is 0.577 bits per heavy atom. The van der Waals surface area contributed by atoms with Crippen LogP contribution in [0.15, 0.2) is 60.7 Å². The molecule has 0 N–H and O–H groups in total. The molecule has 1 aliphatic carbocycles. The van der Waals surface area contributed by atoms with Crippen molar-refractivity contribution in [1.29, 1.82) is 0 Å². The molecule has 11 heteroatoms. The van der Waals surface area contributed by atoms with Crippen molar-refractivity contribution in [1.82, 2.24) is 0 Å². The Morgan fingerprint density at radius 1 is 0.308 bits per heavy atom. The smallest absolute Gasteiger partial charge is 0.140 e. The molecule has 0 saturated carbocycles. The van der Waals surface area contributed by atoms with Crippen molar-refractivity contribution in [2.45, 2.75) is 109 Å². The monoisotopic (exact) mass is 1220 g/mol. The summed E-state index contributed by atoms with van der Waals surface area (Å²) in [7, 11) is 0. The van der Waals surface area contributed by atoms with E-state index in [0.717, 1.165) is 97.1 Å². The molecule has 1 aliphatic rings. The second-order valence-corrected chi connectivity index (χ2v) is 30.0. The van der Waals surface area contributed by atoms with Gasteiger partial charge in [-0.3, -0.25) is 0 Å². The molecule has 0 atom stereocenters. The van der Waals surface area contributed by atoms with E-state index in [1.54, 1.807) is 0 Å². The van der Waals surface area contributed by atoms with Gasteiger partial charge in [-0.2, -0.15) is 0 Å². The number of thiophene rings is 4. The highest BCUT2D eigenvalue weighted by molar-refractivity contribution is 7.23. The summed E-state index contributed by atoms with van der Waals surface area (Å²) < 4.78 is 4.53. The molecule has 17 rings (SSSR count). The van der Waals surface area contributed by atoms with Gasteiger partial charge in [-0.1, -0.05) is 159 Å². The molecule has 78 heavy (non-hydrogen) atoms. The van der Waals surface area contributed by atoms with E-state index in [1.165, 1.54) is 189 Å². The highest BCUT2D eigenvalue weighted by Gasteiger charge is 2.38. The normalized spacial score (nSPS) is 13.3. The Hall–Kier alpha value is -3.59. The van der Waals surface area contributed by atoms with Gasteiger partial charge < -0.3 is 0 Å². The van der Waals surface area contributed by atoms with Crippen LogP contribution in [-0.2, 0) is 25.7 Å². The van der Waals surface area contributed by atoms with Gasteiger partial charge in [-0.15, -0.1) is 45.3 Å². The number of hydrogen-bond acceptors (Lipinski definition) is 4. The van der Waals surface area contributed by atoms with Crippen molar-refractivity contribution in [2.24, 2.45) is 0 Å². The predicted molar refractivity (Wildman–Crippen MR) is 360 cm³/mol. The summed E-state index contributed by atoms with van der Waals surface area (Å²) in [6.07, 6.45) is 13.2. The van der Waals surface area contributed by atoms with E-state index in [0.29, 0.717) is 0 Å². The minimum Gasteiger partial charge on any atom is -0.140 e. The summed E-state index contributed by atoms with van der Waals surface area (Å²) in [5.74, 6) is 0. The van der Waals surface area contributed by atoms with Gasteiger partial charge in [-0.05, 0) is 109 Å². The fourth-order valence-electron chi connectivity index (χ4n) is 14.8. The lowest BCUT2D eigenvalue weighted by Gasteiger charge is -2.26. The predicted octanol–water partition coefficient (Wildman–Crippen LogP) is 26.9. The molecule has 12 aromatic carbocycles. The van der Waals surface area contributed by atoms with E-state index < -0.39 is 4.30 Å². The third kappa shape index (κ3) is 6.39. The van der Waals surface area contributed by atoms with Crippen molar-refractivity contribution < 1.29 is 0 Å². The Morgan fingerprint density at radius 3 is 0.910 bits per heavy atom. The molecule has 16 aromatic rings. The SMILES string of the molecule is CCCCc1cc2c(s1)c1c(Cl)ccc3c4ccc(Cl)c5c6sc(CCCC)c7c6c6c(c45)c(c31)c2c1c2c3cc(CCCC)sc3c3c(Cl)ccc4c5ccc(Cl)c8c9sc(CCCC)c-7c9c(c(c58)c2c43)c61.ClC(Cl)Cl. The molecule has 388 valence electrons. The number of alkyl halides is 3. The van der Waals surface area contributed by atoms with E-state index >= 15 is 0 Å². The van der Waals surface area contributed by atoms with Gasteiger partial charge in [0.25, 0.3) is 0 Å². The maximum Gasteiger partial charge on any atom is 0.180 e. The largest absolute Gasteiger partial charge is 0.180 e. The number of fused-ring (bicyclic) bond motifs is 13. The first-order valence-electron chi connectivity index (χ1n) is 27.6. The molecule has 0 spiro atoms. The lowest BCUT2D eigenvalue weighted by atomic mass is 9.76. The number of hydrogen-bond donors (Lipinski definition) is 0. The van der Waals surface area contributed by atoms with Gasteiger partial charge in [0, 0.05) is 188 Å². The summed E-state index contributed by atoms with van der Waals surface area (Å²) in [5, 5.41) is 37.5. The summed E-state index contributed by atoms with van der Waals surface area (Å²) in [4.78, 5) is 5.83. The quantitative estimate of drug-likeness (QED) is 0.0650. The minimum absolute atomic E-state index is 0.750. The minimum atomic E-state index is -0.750. The Labute approximate surface area is 500 Å². The van der Waals surface area contributed by atoms with E-state index in [1.807, 2.05) is 45.3 Å². The standard InChI is InChI=1S/C66H46Cl4S4.CHCl3/c1-5-9-13-27-25-33-45-53-41-29(17-21-35(67)47(41)63(33)71-27)31-19-23-37(69)49-43(31)56(53)59-58-55(45)46-34-26-28(14-10-6-2)72-64(34)48-36(68)22-18-30-32-20-24-38(70)50-44(32)57(54(46)42(30)48)60(58)62-52(40(16-12-8-4)74-66(50)62)51-39(15-11-7-3)73-65(49)61(51)59;2-1(3)4/h17-26H,5-16H2,1-4H3;1H. The van der Waals surface area contributed by atoms with Crippen LogP contribution in [0, 0.1) is 0 Å². The lowest BCUT2D eigenvalue weighted by Crippen LogP contribution is -1.97. The summed E-state index contributed by atoms with van der Waals surface area (Å²) in [6, 6.07) is 23.2. The third-order valence-corrected chi connectivity index (χ3v) is 24.0. The van der Waals surface area contributed by atoms with E-state index in [9.17, 15) is 0 Å². The zero-order chi connectivity index (χ0) is 53.1.